The van der Waals surface area contributed by atoms with Crippen LogP contribution in [-0.4, -0.2) is 8.42 Å². The SMILES string of the molecule is CCc1cccc(NS(=O)(=O)c2ccc(C)cc2Br)c1. The van der Waals surface area contributed by atoms with Crippen molar-refractivity contribution in [2.24, 2.45) is 0 Å². The fourth-order valence-corrected chi connectivity index (χ4v) is 4.13. The molecule has 0 atom stereocenters. The molecular weight excluding hydrogens is 338 g/mol. The lowest BCUT2D eigenvalue weighted by molar-refractivity contribution is 0.600. The maximum Gasteiger partial charge on any atom is 0.263 e. The largest absolute Gasteiger partial charge is 0.280 e. The van der Waals surface area contributed by atoms with E-state index in [-0.39, 0.29) is 4.90 Å². The lowest BCUT2D eigenvalue weighted by atomic mass is 10.1. The summed E-state index contributed by atoms with van der Waals surface area (Å²) in [5.41, 5.74) is 2.67. The molecule has 0 saturated heterocycles. The van der Waals surface area contributed by atoms with Crippen LogP contribution in [0.4, 0.5) is 5.69 Å². The minimum absolute atomic E-state index is 0.241. The number of sulfonamides is 1. The van der Waals surface area contributed by atoms with Crippen molar-refractivity contribution in [1.82, 2.24) is 0 Å². The summed E-state index contributed by atoms with van der Waals surface area (Å²) in [6, 6.07) is 12.6. The molecule has 2 aromatic rings. The van der Waals surface area contributed by atoms with E-state index < -0.39 is 10.0 Å². The summed E-state index contributed by atoms with van der Waals surface area (Å²) in [5.74, 6) is 0. The molecule has 0 aromatic heterocycles. The molecule has 0 aliphatic rings. The van der Waals surface area contributed by atoms with Gasteiger partial charge in [-0.2, -0.15) is 0 Å². The van der Waals surface area contributed by atoms with Gasteiger partial charge in [-0.1, -0.05) is 25.1 Å². The van der Waals surface area contributed by atoms with Gasteiger partial charge in [0.15, 0.2) is 0 Å². The van der Waals surface area contributed by atoms with Gasteiger partial charge in [0, 0.05) is 10.2 Å². The van der Waals surface area contributed by atoms with Crippen LogP contribution in [0.25, 0.3) is 0 Å². The van der Waals surface area contributed by atoms with E-state index in [9.17, 15) is 8.42 Å². The molecule has 0 bridgehead atoms. The number of aryl methyl sites for hydroxylation is 2. The zero-order valence-corrected chi connectivity index (χ0v) is 13.8. The summed E-state index contributed by atoms with van der Waals surface area (Å²) in [6.07, 6.45) is 0.865. The summed E-state index contributed by atoms with van der Waals surface area (Å²) in [7, 11) is -3.58. The van der Waals surface area contributed by atoms with Gasteiger partial charge in [-0.15, -0.1) is 0 Å². The Balaban J connectivity index is 2.35. The van der Waals surface area contributed by atoms with Crippen molar-refractivity contribution < 1.29 is 8.42 Å². The summed E-state index contributed by atoms with van der Waals surface area (Å²) >= 11 is 3.31. The normalized spacial score (nSPS) is 11.3. The Bertz CT molecular complexity index is 726. The summed E-state index contributed by atoms with van der Waals surface area (Å²) in [4.78, 5) is 0.241. The monoisotopic (exact) mass is 353 g/mol. The number of nitrogens with one attached hydrogen (secondary N) is 1. The molecule has 2 aromatic carbocycles. The molecule has 0 spiro atoms. The highest BCUT2D eigenvalue weighted by Crippen LogP contribution is 2.25. The van der Waals surface area contributed by atoms with E-state index >= 15 is 0 Å². The van der Waals surface area contributed by atoms with Crippen LogP contribution in [0.1, 0.15) is 18.1 Å². The average molecular weight is 354 g/mol. The maximum atomic E-state index is 12.4. The molecule has 106 valence electrons. The van der Waals surface area contributed by atoms with E-state index in [1.54, 1.807) is 24.3 Å². The molecule has 20 heavy (non-hydrogen) atoms. The molecule has 0 aliphatic carbocycles. The van der Waals surface area contributed by atoms with Gasteiger partial charge < -0.3 is 0 Å². The van der Waals surface area contributed by atoms with Gasteiger partial charge in [-0.25, -0.2) is 8.42 Å². The van der Waals surface area contributed by atoms with Gasteiger partial charge in [0.05, 0.1) is 0 Å². The molecule has 0 aliphatic heterocycles. The first-order chi connectivity index (χ1) is 9.42. The quantitative estimate of drug-likeness (QED) is 0.898. The molecule has 3 nitrogen and oxygen atoms in total. The van der Waals surface area contributed by atoms with Gasteiger partial charge in [0.1, 0.15) is 4.90 Å². The van der Waals surface area contributed by atoms with Crippen molar-refractivity contribution in [1.29, 1.82) is 0 Å². The highest BCUT2D eigenvalue weighted by Gasteiger charge is 2.17. The smallest absolute Gasteiger partial charge is 0.263 e. The van der Waals surface area contributed by atoms with E-state index in [0.717, 1.165) is 17.5 Å². The number of hydrogen-bond donors (Lipinski definition) is 1. The third-order valence-corrected chi connectivity index (χ3v) is 5.32. The van der Waals surface area contributed by atoms with Crippen LogP contribution in [0.5, 0.6) is 0 Å². The molecule has 0 saturated carbocycles. The van der Waals surface area contributed by atoms with Crippen LogP contribution >= 0.6 is 15.9 Å². The molecular formula is C15H16BrNO2S. The summed E-state index contributed by atoms with van der Waals surface area (Å²) < 4.78 is 28.0. The fraction of sp³-hybridized carbons (Fsp3) is 0.200. The van der Waals surface area contributed by atoms with E-state index in [4.69, 9.17) is 0 Å². The number of benzene rings is 2. The first-order valence-electron chi connectivity index (χ1n) is 6.30. The molecule has 0 unspecified atom stereocenters. The van der Waals surface area contributed by atoms with Crippen molar-refractivity contribution >= 4 is 31.6 Å². The van der Waals surface area contributed by atoms with E-state index in [0.29, 0.717) is 10.2 Å². The number of hydrogen-bond acceptors (Lipinski definition) is 2. The van der Waals surface area contributed by atoms with Crippen LogP contribution in [0.2, 0.25) is 0 Å². The molecule has 2 rings (SSSR count). The van der Waals surface area contributed by atoms with Crippen molar-refractivity contribution in [2.45, 2.75) is 25.2 Å². The van der Waals surface area contributed by atoms with Crippen molar-refractivity contribution in [3.8, 4) is 0 Å². The van der Waals surface area contributed by atoms with Gasteiger partial charge in [-0.3, -0.25) is 4.72 Å². The number of rotatable bonds is 4. The second kappa shape index (κ2) is 5.97. The van der Waals surface area contributed by atoms with Crippen LogP contribution in [-0.2, 0) is 16.4 Å². The van der Waals surface area contributed by atoms with Crippen LogP contribution in [0.15, 0.2) is 51.8 Å². The first-order valence-corrected chi connectivity index (χ1v) is 8.58. The minimum Gasteiger partial charge on any atom is -0.280 e. The average Bonchev–Trinajstić information content (AvgIpc) is 2.37. The van der Waals surface area contributed by atoms with Crippen molar-refractivity contribution in [2.75, 3.05) is 4.72 Å². The van der Waals surface area contributed by atoms with Crippen molar-refractivity contribution in [3.63, 3.8) is 0 Å². The maximum absolute atomic E-state index is 12.4. The Hall–Kier alpha value is -1.33. The summed E-state index contributed by atoms with van der Waals surface area (Å²) in [5, 5.41) is 0. The van der Waals surface area contributed by atoms with E-state index in [1.165, 1.54) is 0 Å². The van der Waals surface area contributed by atoms with Gasteiger partial charge >= 0.3 is 0 Å². The highest BCUT2D eigenvalue weighted by atomic mass is 79.9. The zero-order valence-electron chi connectivity index (χ0n) is 11.4. The Morgan fingerprint density at radius 1 is 1.15 bits per heavy atom. The lowest BCUT2D eigenvalue weighted by Crippen LogP contribution is -2.13. The Morgan fingerprint density at radius 3 is 2.55 bits per heavy atom. The van der Waals surface area contributed by atoms with Gasteiger partial charge in [-0.05, 0) is 64.7 Å². The third-order valence-electron chi connectivity index (χ3n) is 2.96. The molecule has 0 heterocycles. The first kappa shape index (κ1) is 15.1. The predicted octanol–water partition coefficient (Wildman–Crippen LogP) is 4.12. The van der Waals surface area contributed by atoms with Crippen LogP contribution in [0.3, 0.4) is 0 Å². The fourth-order valence-electron chi connectivity index (χ4n) is 1.89. The third kappa shape index (κ3) is 3.41. The second-order valence-corrected chi connectivity index (χ2v) is 7.10. The molecule has 0 fully saturated rings. The molecule has 0 radical (unpaired) electrons. The van der Waals surface area contributed by atoms with E-state index in [2.05, 4.69) is 20.7 Å². The predicted molar refractivity (Wildman–Crippen MR) is 85.5 cm³/mol. The lowest BCUT2D eigenvalue weighted by Gasteiger charge is -2.11. The summed E-state index contributed by atoms with van der Waals surface area (Å²) in [6.45, 7) is 3.95. The molecule has 0 amide bonds. The van der Waals surface area contributed by atoms with Gasteiger partial charge in [0.2, 0.25) is 0 Å². The molecule has 5 heteroatoms. The Labute approximate surface area is 128 Å². The Kier molecular flexibility index (Phi) is 4.50. The van der Waals surface area contributed by atoms with Crippen LogP contribution < -0.4 is 4.72 Å². The van der Waals surface area contributed by atoms with Crippen molar-refractivity contribution in [3.05, 3.63) is 58.1 Å². The zero-order chi connectivity index (χ0) is 14.8. The minimum atomic E-state index is -3.58. The van der Waals surface area contributed by atoms with E-state index in [1.807, 2.05) is 32.0 Å². The number of anilines is 1. The number of halogens is 1. The second-order valence-electron chi connectivity index (χ2n) is 4.59. The van der Waals surface area contributed by atoms with Crippen LogP contribution in [0, 0.1) is 6.92 Å². The Morgan fingerprint density at radius 2 is 1.90 bits per heavy atom. The van der Waals surface area contributed by atoms with Gasteiger partial charge in [0.25, 0.3) is 10.0 Å². The standard InChI is InChI=1S/C15H16BrNO2S/c1-3-12-5-4-6-13(10-12)17-20(18,19)15-8-7-11(2)9-14(15)16/h4-10,17H,3H2,1-2H3. The molecule has 1 N–H and O–H groups in total. The highest BCUT2D eigenvalue weighted by molar-refractivity contribution is 9.10. The topological polar surface area (TPSA) is 46.2 Å².